The SMILES string of the molecule is FC(F)=C(c1ccc(Cl)cc1)c1c[nH]c2ccccc12. The summed E-state index contributed by atoms with van der Waals surface area (Å²) >= 11 is 5.81. The summed E-state index contributed by atoms with van der Waals surface area (Å²) in [6.45, 7) is 0. The molecule has 3 rings (SSSR count). The minimum Gasteiger partial charge on any atom is -0.361 e. The highest BCUT2D eigenvalue weighted by molar-refractivity contribution is 6.30. The second-order valence-corrected chi connectivity index (χ2v) is 4.83. The van der Waals surface area contributed by atoms with Crippen LogP contribution in [0.5, 0.6) is 0 Å². The van der Waals surface area contributed by atoms with Gasteiger partial charge in [0.1, 0.15) is 0 Å². The molecule has 2 aromatic carbocycles. The third-order valence-electron chi connectivity index (χ3n) is 3.18. The first kappa shape index (κ1) is 12.9. The molecule has 1 nitrogen and oxygen atoms in total. The summed E-state index contributed by atoms with van der Waals surface area (Å²) in [6.07, 6.45) is -0.106. The molecule has 0 fully saturated rings. The fourth-order valence-electron chi connectivity index (χ4n) is 2.26. The second-order valence-electron chi connectivity index (χ2n) is 4.39. The Morgan fingerprint density at radius 1 is 0.950 bits per heavy atom. The first-order chi connectivity index (χ1) is 9.66. The summed E-state index contributed by atoms with van der Waals surface area (Å²) in [5.41, 5.74) is 1.69. The van der Waals surface area contributed by atoms with E-state index >= 15 is 0 Å². The minimum absolute atomic E-state index is 0.0703. The van der Waals surface area contributed by atoms with Crippen LogP contribution in [-0.2, 0) is 0 Å². The zero-order valence-electron chi connectivity index (χ0n) is 10.3. The first-order valence-electron chi connectivity index (χ1n) is 6.04. The molecule has 0 unspecified atom stereocenters. The van der Waals surface area contributed by atoms with Crippen molar-refractivity contribution in [2.75, 3.05) is 0 Å². The molecule has 0 amide bonds. The Morgan fingerprint density at radius 3 is 2.35 bits per heavy atom. The van der Waals surface area contributed by atoms with E-state index in [4.69, 9.17) is 11.6 Å². The molecule has 0 aliphatic heterocycles. The molecule has 0 bridgehead atoms. The Bertz CT molecular complexity index is 784. The molecule has 0 aliphatic rings. The number of rotatable bonds is 2. The van der Waals surface area contributed by atoms with E-state index in [1.165, 1.54) is 0 Å². The number of halogens is 3. The van der Waals surface area contributed by atoms with Crippen LogP contribution in [0.25, 0.3) is 16.5 Å². The van der Waals surface area contributed by atoms with E-state index in [9.17, 15) is 8.78 Å². The van der Waals surface area contributed by atoms with Gasteiger partial charge in [-0.1, -0.05) is 41.9 Å². The Balaban J connectivity index is 2.22. The number of nitrogens with one attached hydrogen (secondary N) is 1. The third kappa shape index (κ3) is 2.21. The summed E-state index contributed by atoms with van der Waals surface area (Å²) in [5, 5.41) is 1.29. The van der Waals surface area contributed by atoms with Gasteiger partial charge in [-0.3, -0.25) is 0 Å². The average molecular weight is 290 g/mol. The van der Waals surface area contributed by atoms with Crippen molar-refractivity contribution < 1.29 is 8.78 Å². The molecular formula is C16H10ClF2N. The summed E-state index contributed by atoms with van der Waals surface area (Å²) in [6, 6.07) is 13.8. The topological polar surface area (TPSA) is 15.8 Å². The third-order valence-corrected chi connectivity index (χ3v) is 3.43. The van der Waals surface area contributed by atoms with Crippen LogP contribution < -0.4 is 0 Å². The van der Waals surface area contributed by atoms with Gasteiger partial charge in [-0.2, -0.15) is 8.78 Å². The first-order valence-corrected chi connectivity index (χ1v) is 6.42. The van der Waals surface area contributed by atoms with Gasteiger partial charge in [0.05, 0.1) is 5.57 Å². The number of aromatic amines is 1. The lowest BCUT2D eigenvalue weighted by molar-refractivity contribution is 0.426. The average Bonchev–Trinajstić information content (AvgIpc) is 2.85. The number of para-hydroxylation sites is 1. The molecule has 1 aromatic heterocycles. The van der Waals surface area contributed by atoms with Gasteiger partial charge in [0.15, 0.2) is 0 Å². The lowest BCUT2D eigenvalue weighted by Crippen LogP contribution is -1.88. The number of hydrogen-bond acceptors (Lipinski definition) is 0. The van der Waals surface area contributed by atoms with Gasteiger partial charge in [-0.05, 0) is 23.8 Å². The molecule has 0 spiro atoms. The van der Waals surface area contributed by atoms with Gasteiger partial charge < -0.3 is 4.98 Å². The van der Waals surface area contributed by atoms with E-state index in [0.717, 1.165) is 10.9 Å². The molecule has 1 heterocycles. The van der Waals surface area contributed by atoms with Crippen LogP contribution in [0.4, 0.5) is 8.78 Å². The number of hydrogen-bond donors (Lipinski definition) is 1. The number of H-pyrrole nitrogens is 1. The van der Waals surface area contributed by atoms with Crippen molar-refractivity contribution in [1.82, 2.24) is 4.98 Å². The Hall–Kier alpha value is -2.13. The van der Waals surface area contributed by atoms with Crippen molar-refractivity contribution in [3.05, 3.63) is 77.0 Å². The van der Waals surface area contributed by atoms with E-state index < -0.39 is 6.08 Å². The predicted octanol–water partition coefficient (Wildman–Crippen LogP) is 5.48. The standard InChI is InChI=1S/C16H10ClF2N/c17-11-7-5-10(6-8-11)15(16(18)19)13-9-20-14-4-2-1-3-12(13)14/h1-9,20H. The summed E-state index contributed by atoms with van der Waals surface area (Å²) in [7, 11) is 0. The second kappa shape index (κ2) is 5.10. The Morgan fingerprint density at radius 2 is 1.65 bits per heavy atom. The molecule has 100 valence electrons. The molecule has 1 N–H and O–H groups in total. The summed E-state index contributed by atoms with van der Waals surface area (Å²) in [4.78, 5) is 3.01. The maximum Gasteiger partial charge on any atom is 0.278 e. The zero-order chi connectivity index (χ0) is 14.1. The Labute approximate surface area is 119 Å². The maximum atomic E-state index is 13.4. The van der Waals surface area contributed by atoms with E-state index in [1.54, 1.807) is 30.5 Å². The molecule has 0 saturated heterocycles. The largest absolute Gasteiger partial charge is 0.361 e. The van der Waals surface area contributed by atoms with Gasteiger partial charge in [-0.25, -0.2) is 0 Å². The highest BCUT2D eigenvalue weighted by Gasteiger charge is 2.16. The smallest absolute Gasteiger partial charge is 0.278 e. The van der Waals surface area contributed by atoms with Crippen LogP contribution in [0, 0.1) is 0 Å². The van der Waals surface area contributed by atoms with Crippen LogP contribution >= 0.6 is 11.6 Å². The van der Waals surface area contributed by atoms with Crippen molar-refractivity contribution in [2.45, 2.75) is 0 Å². The predicted molar refractivity (Wildman–Crippen MR) is 78.0 cm³/mol. The molecule has 3 aromatic rings. The number of benzene rings is 2. The van der Waals surface area contributed by atoms with Crippen LogP contribution in [0.2, 0.25) is 5.02 Å². The van der Waals surface area contributed by atoms with Crippen LogP contribution in [0.1, 0.15) is 11.1 Å². The van der Waals surface area contributed by atoms with Gasteiger partial charge in [0.25, 0.3) is 6.08 Å². The molecule has 0 saturated carbocycles. The Kier molecular flexibility index (Phi) is 3.28. The monoisotopic (exact) mass is 289 g/mol. The molecule has 20 heavy (non-hydrogen) atoms. The van der Waals surface area contributed by atoms with Gasteiger partial charge in [0, 0.05) is 27.7 Å². The zero-order valence-corrected chi connectivity index (χ0v) is 11.1. The van der Waals surface area contributed by atoms with E-state index in [-0.39, 0.29) is 5.57 Å². The van der Waals surface area contributed by atoms with E-state index in [1.807, 2.05) is 24.3 Å². The lowest BCUT2D eigenvalue weighted by atomic mass is 9.98. The maximum absolute atomic E-state index is 13.4. The van der Waals surface area contributed by atoms with Crippen molar-refractivity contribution in [3.8, 4) is 0 Å². The van der Waals surface area contributed by atoms with Crippen molar-refractivity contribution >= 4 is 28.1 Å². The van der Waals surface area contributed by atoms with E-state index in [0.29, 0.717) is 16.1 Å². The molecule has 0 atom stereocenters. The van der Waals surface area contributed by atoms with Gasteiger partial charge in [-0.15, -0.1) is 0 Å². The summed E-state index contributed by atoms with van der Waals surface area (Å²) in [5.74, 6) is 0. The highest BCUT2D eigenvalue weighted by Crippen LogP contribution is 2.33. The molecule has 0 radical (unpaired) electrons. The van der Waals surface area contributed by atoms with Crippen LogP contribution in [-0.4, -0.2) is 4.98 Å². The number of fused-ring (bicyclic) bond motifs is 1. The summed E-state index contributed by atoms with van der Waals surface area (Å²) < 4.78 is 26.8. The highest BCUT2D eigenvalue weighted by atomic mass is 35.5. The number of aromatic nitrogens is 1. The lowest BCUT2D eigenvalue weighted by Gasteiger charge is -2.06. The van der Waals surface area contributed by atoms with Gasteiger partial charge >= 0.3 is 0 Å². The van der Waals surface area contributed by atoms with E-state index in [2.05, 4.69) is 4.98 Å². The fraction of sp³-hybridized carbons (Fsp3) is 0. The normalized spacial score (nSPS) is 10.8. The fourth-order valence-corrected chi connectivity index (χ4v) is 2.39. The molecule has 4 heteroatoms. The van der Waals surface area contributed by atoms with Crippen LogP contribution in [0.3, 0.4) is 0 Å². The van der Waals surface area contributed by atoms with Crippen molar-refractivity contribution in [2.24, 2.45) is 0 Å². The molecule has 0 aliphatic carbocycles. The van der Waals surface area contributed by atoms with Crippen LogP contribution in [0.15, 0.2) is 60.8 Å². The van der Waals surface area contributed by atoms with Crippen molar-refractivity contribution in [1.29, 1.82) is 0 Å². The van der Waals surface area contributed by atoms with Gasteiger partial charge in [0.2, 0.25) is 0 Å². The minimum atomic E-state index is -1.71. The molecular weight excluding hydrogens is 280 g/mol. The van der Waals surface area contributed by atoms with Crippen molar-refractivity contribution in [3.63, 3.8) is 0 Å². The quantitative estimate of drug-likeness (QED) is 0.643.